The average molecular weight is 418 g/mol. The van der Waals surface area contributed by atoms with Gasteiger partial charge in [-0.05, 0) is 61.0 Å². The smallest absolute Gasteiger partial charge is 0.0987 e. The summed E-state index contributed by atoms with van der Waals surface area (Å²) in [5, 5.41) is 9.49. The largest absolute Gasteiger partial charge is 0.372 e. The van der Waals surface area contributed by atoms with Crippen LogP contribution in [0.15, 0.2) is 43.1 Å². The van der Waals surface area contributed by atoms with E-state index < -0.39 is 0 Å². The number of piperazine rings is 1. The molecule has 4 nitrogen and oxygen atoms in total. The number of rotatable bonds is 5. The van der Waals surface area contributed by atoms with Crippen LogP contribution in [0.1, 0.15) is 55.6 Å². The molecule has 2 saturated heterocycles. The van der Waals surface area contributed by atoms with Crippen LogP contribution >= 0.6 is 0 Å². The fraction of sp³-hybridized carbons (Fsp3) is 0.593. The second-order valence-electron chi connectivity index (χ2n) is 9.93. The van der Waals surface area contributed by atoms with E-state index in [1.54, 1.807) is 0 Å². The van der Waals surface area contributed by atoms with E-state index in [9.17, 15) is 5.26 Å². The Morgan fingerprint density at radius 3 is 2.26 bits per heavy atom. The minimum absolute atomic E-state index is 0.241. The third-order valence-corrected chi connectivity index (χ3v) is 8.43. The molecule has 4 fully saturated rings. The second kappa shape index (κ2) is 8.71. The summed E-state index contributed by atoms with van der Waals surface area (Å²) < 4.78 is 5.60. The van der Waals surface area contributed by atoms with Crippen LogP contribution in [0.5, 0.6) is 0 Å². The molecule has 1 aromatic rings. The third-order valence-electron chi connectivity index (χ3n) is 8.43. The molecule has 5 rings (SSSR count). The van der Waals surface area contributed by atoms with Crippen LogP contribution in [-0.4, -0.2) is 48.7 Å². The van der Waals surface area contributed by atoms with Gasteiger partial charge in [0.2, 0.25) is 0 Å². The molecule has 2 heterocycles. The summed E-state index contributed by atoms with van der Waals surface area (Å²) in [6, 6.07) is 11.7. The van der Waals surface area contributed by atoms with Crippen molar-refractivity contribution >= 4 is 5.70 Å². The van der Waals surface area contributed by atoms with Gasteiger partial charge in [-0.3, -0.25) is 0 Å². The lowest BCUT2D eigenvalue weighted by Gasteiger charge is -2.42. The molecule has 164 valence electrons. The predicted molar refractivity (Wildman–Crippen MR) is 124 cm³/mol. The standard InChI is InChI=1S/C27H35N3O/c1-19(29-12-14-30(15-13-29)20(2)27-11-16-31-27)21-3-5-22(6-4-21)24-9-7-23-8-10-25(18-28)26(23)17-24/h3-6,23-27H,1-2,7-17H2. The van der Waals surface area contributed by atoms with Gasteiger partial charge in [0.15, 0.2) is 0 Å². The van der Waals surface area contributed by atoms with Crippen molar-refractivity contribution < 1.29 is 4.74 Å². The number of hydrogen-bond donors (Lipinski definition) is 0. The van der Waals surface area contributed by atoms with Gasteiger partial charge in [-0.1, -0.05) is 37.4 Å². The van der Waals surface area contributed by atoms with E-state index in [4.69, 9.17) is 4.74 Å². The van der Waals surface area contributed by atoms with E-state index in [1.165, 1.54) is 36.8 Å². The Balaban J connectivity index is 1.17. The Kier molecular flexibility index (Phi) is 5.80. The maximum absolute atomic E-state index is 9.49. The molecule has 2 aliphatic carbocycles. The maximum Gasteiger partial charge on any atom is 0.0987 e. The Labute approximate surface area is 187 Å². The van der Waals surface area contributed by atoms with Crippen molar-refractivity contribution in [1.29, 1.82) is 5.26 Å². The fourth-order valence-corrected chi connectivity index (χ4v) is 6.29. The number of hydrogen-bond acceptors (Lipinski definition) is 4. The monoisotopic (exact) mass is 417 g/mol. The van der Waals surface area contributed by atoms with Crippen LogP contribution in [0.25, 0.3) is 5.70 Å². The minimum atomic E-state index is 0.241. The molecule has 0 spiro atoms. The van der Waals surface area contributed by atoms with Gasteiger partial charge in [-0.25, -0.2) is 0 Å². The first-order chi connectivity index (χ1) is 15.1. The van der Waals surface area contributed by atoms with E-state index in [2.05, 4.69) is 53.3 Å². The first-order valence-corrected chi connectivity index (χ1v) is 12.1. The molecule has 0 amide bonds. The zero-order valence-corrected chi connectivity index (χ0v) is 18.6. The van der Waals surface area contributed by atoms with Gasteiger partial charge in [0.05, 0.1) is 18.8 Å². The highest BCUT2D eigenvalue weighted by atomic mass is 16.5. The third kappa shape index (κ3) is 4.01. The van der Waals surface area contributed by atoms with E-state index in [-0.39, 0.29) is 12.0 Å². The summed E-state index contributed by atoms with van der Waals surface area (Å²) >= 11 is 0. The van der Waals surface area contributed by atoms with Crippen LogP contribution in [0.3, 0.4) is 0 Å². The highest BCUT2D eigenvalue weighted by Crippen LogP contribution is 2.50. The molecular formula is C27H35N3O. The maximum atomic E-state index is 9.49. The summed E-state index contributed by atoms with van der Waals surface area (Å²) in [6.45, 7) is 13.5. The van der Waals surface area contributed by atoms with Crippen molar-refractivity contribution in [1.82, 2.24) is 9.80 Å². The lowest BCUT2D eigenvalue weighted by Crippen LogP contribution is -2.48. The molecule has 0 bridgehead atoms. The molecule has 31 heavy (non-hydrogen) atoms. The molecule has 2 saturated carbocycles. The number of fused-ring (bicyclic) bond motifs is 1. The van der Waals surface area contributed by atoms with Gasteiger partial charge >= 0.3 is 0 Å². The van der Waals surface area contributed by atoms with E-state index >= 15 is 0 Å². The molecule has 4 aliphatic rings. The van der Waals surface area contributed by atoms with Crippen molar-refractivity contribution in [3.05, 3.63) is 54.2 Å². The van der Waals surface area contributed by atoms with Crippen molar-refractivity contribution in [2.24, 2.45) is 17.8 Å². The Hall–Kier alpha value is -2.25. The van der Waals surface area contributed by atoms with E-state index in [0.717, 1.165) is 62.9 Å². The molecule has 5 unspecified atom stereocenters. The molecule has 4 heteroatoms. The van der Waals surface area contributed by atoms with E-state index in [0.29, 0.717) is 11.8 Å². The second-order valence-corrected chi connectivity index (χ2v) is 9.93. The van der Waals surface area contributed by atoms with Crippen LogP contribution in [-0.2, 0) is 4.74 Å². The van der Waals surface area contributed by atoms with Gasteiger partial charge in [0.25, 0.3) is 0 Å². The molecule has 2 aliphatic heterocycles. The van der Waals surface area contributed by atoms with Gasteiger partial charge < -0.3 is 14.5 Å². The summed E-state index contributed by atoms with van der Waals surface area (Å²) in [6.07, 6.45) is 7.50. The van der Waals surface area contributed by atoms with Crippen LogP contribution in [0, 0.1) is 29.1 Å². The summed E-state index contributed by atoms with van der Waals surface area (Å²) in [5.74, 6) is 2.32. The van der Waals surface area contributed by atoms with Gasteiger partial charge in [0, 0.05) is 49.9 Å². The van der Waals surface area contributed by atoms with Crippen LogP contribution < -0.4 is 0 Å². The first kappa shape index (κ1) is 20.6. The molecule has 0 N–H and O–H groups in total. The fourth-order valence-electron chi connectivity index (χ4n) is 6.29. The van der Waals surface area contributed by atoms with Gasteiger partial charge in [-0.15, -0.1) is 0 Å². The zero-order valence-electron chi connectivity index (χ0n) is 18.6. The van der Waals surface area contributed by atoms with Crippen LogP contribution in [0.4, 0.5) is 0 Å². The van der Waals surface area contributed by atoms with Crippen molar-refractivity contribution in [2.75, 3.05) is 32.8 Å². The Morgan fingerprint density at radius 1 is 0.935 bits per heavy atom. The van der Waals surface area contributed by atoms with Crippen LogP contribution in [0.2, 0.25) is 0 Å². The minimum Gasteiger partial charge on any atom is -0.372 e. The van der Waals surface area contributed by atoms with Crippen molar-refractivity contribution in [3.63, 3.8) is 0 Å². The highest BCUT2D eigenvalue weighted by Gasteiger charge is 2.40. The molecular weight excluding hydrogens is 382 g/mol. The molecule has 5 atom stereocenters. The highest BCUT2D eigenvalue weighted by molar-refractivity contribution is 5.62. The Morgan fingerprint density at radius 2 is 1.61 bits per heavy atom. The number of nitriles is 1. The summed E-state index contributed by atoms with van der Waals surface area (Å²) in [4.78, 5) is 4.78. The Bertz CT molecular complexity index is 857. The first-order valence-electron chi connectivity index (χ1n) is 12.1. The zero-order chi connectivity index (χ0) is 21.4. The predicted octanol–water partition coefficient (Wildman–Crippen LogP) is 5.01. The normalized spacial score (nSPS) is 32.7. The quantitative estimate of drug-likeness (QED) is 0.675. The summed E-state index contributed by atoms with van der Waals surface area (Å²) in [5.41, 5.74) is 4.94. The van der Waals surface area contributed by atoms with Crippen molar-refractivity contribution in [3.8, 4) is 6.07 Å². The molecule has 0 aromatic heterocycles. The molecule has 1 aromatic carbocycles. The van der Waals surface area contributed by atoms with Gasteiger partial charge in [0.1, 0.15) is 0 Å². The number of ether oxygens (including phenoxy) is 1. The SMILES string of the molecule is C=C(c1ccc(C2CCC3CCC(C#N)C3C2)cc1)N1CCN(C(=C)C2CCO2)CC1. The topological polar surface area (TPSA) is 39.5 Å². The average Bonchev–Trinajstić information content (AvgIpc) is 3.20. The number of benzene rings is 1. The number of nitrogens with zero attached hydrogens (tertiary/aromatic N) is 3. The van der Waals surface area contributed by atoms with Gasteiger partial charge in [-0.2, -0.15) is 5.26 Å². The lowest BCUT2D eigenvalue weighted by atomic mass is 9.71. The lowest BCUT2D eigenvalue weighted by molar-refractivity contribution is -0.0432. The molecule has 0 radical (unpaired) electrons. The van der Waals surface area contributed by atoms with Crippen molar-refractivity contribution in [2.45, 2.75) is 50.5 Å². The van der Waals surface area contributed by atoms with E-state index in [1.807, 2.05) is 0 Å². The summed E-state index contributed by atoms with van der Waals surface area (Å²) in [7, 11) is 0.